The summed E-state index contributed by atoms with van der Waals surface area (Å²) in [6.07, 6.45) is 2.87. The van der Waals surface area contributed by atoms with E-state index in [1.165, 1.54) is 12.1 Å². The van der Waals surface area contributed by atoms with Crippen LogP contribution in [0, 0.1) is 10.1 Å². The minimum absolute atomic E-state index is 0.0515. The van der Waals surface area contributed by atoms with Crippen molar-refractivity contribution in [2.45, 2.75) is 37.8 Å². The lowest BCUT2D eigenvalue weighted by atomic mass is 9.92. The van der Waals surface area contributed by atoms with Crippen LogP contribution < -0.4 is 5.32 Å². The second kappa shape index (κ2) is 5.45. The Morgan fingerprint density at radius 1 is 1.44 bits per heavy atom. The maximum atomic E-state index is 11.9. The Hall–Kier alpha value is -1.47. The van der Waals surface area contributed by atoms with Gasteiger partial charge >= 0.3 is 5.00 Å². The molecule has 1 saturated carbocycles. The molecule has 98 valence electrons. The van der Waals surface area contributed by atoms with Crippen molar-refractivity contribution in [3.63, 3.8) is 0 Å². The minimum atomic E-state index is -0.517. The first-order valence-corrected chi connectivity index (χ1v) is 6.63. The molecule has 2 rings (SSSR count). The van der Waals surface area contributed by atoms with Gasteiger partial charge in [-0.2, -0.15) is 0 Å². The summed E-state index contributed by atoms with van der Waals surface area (Å²) in [5.41, 5.74) is 0. The van der Waals surface area contributed by atoms with E-state index in [1.54, 1.807) is 0 Å². The largest absolute Gasteiger partial charge is 0.391 e. The lowest BCUT2D eigenvalue weighted by Crippen LogP contribution is -2.44. The van der Waals surface area contributed by atoms with E-state index in [9.17, 15) is 20.0 Å². The second-order valence-electron chi connectivity index (χ2n) is 4.33. The van der Waals surface area contributed by atoms with Crippen molar-refractivity contribution in [1.82, 2.24) is 5.32 Å². The van der Waals surface area contributed by atoms with Crippen molar-refractivity contribution in [2.24, 2.45) is 0 Å². The monoisotopic (exact) mass is 270 g/mol. The Kier molecular flexibility index (Phi) is 3.93. The number of aliphatic hydroxyl groups excluding tert-OH is 1. The van der Waals surface area contributed by atoms with E-state index in [1.807, 2.05) is 0 Å². The topological polar surface area (TPSA) is 92.5 Å². The lowest BCUT2D eigenvalue weighted by molar-refractivity contribution is -0.380. The summed E-state index contributed by atoms with van der Waals surface area (Å²) >= 11 is 0.846. The van der Waals surface area contributed by atoms with Crippen LogP contribution in [-0.4, -0.2) is 28.1 Å². The van der Waals surface area contributed by atoms with Crippen LogP contribution in [0.25, 0.3) is 0 Å². The maximum Gasteiger partial charge on any atom is 0.324 e. The molecule has 0 radical (unpaired) electrons. The summed E-state index contributed by atoms with van der Waals surface area (Å²) in [4.78, 5) is 22.2. The Morgan fingerprint density at radius 3 is 2.78 bits per heavy atom. The number of nitrogens with zero attached hydrogens (tertiary/aromatic N) is 1. The van der Waals surface area contributed by atoms with Crippen molar-refractivity contribution in [3.05, 3.63) is 27.1 Å². The quantitative estimate of drug-likeness (QED) is 0.645. The molecule has 1 aromatic heterocycles. The molecule has 2 atom stereocenters. The third kappa shape index (κ3) is 2.85. The number of carbonyl (C=O) groups excluding carboxylic acids is 1. The Bertz CT molecular complexity index is 460. The molecule has 0 spiro atoms. The summed E-state index contributed by atoms with van der Waals surface area (Å²) in [5, 5.41) is 22.9. The van der Waals surface area contributed by atoms with Gasteiger partial charge in [-0.1, -0.05) is 24.2 Å². The van der Waals surface area contributed by atoms with Crippen molar-refractivity contribution >= 4 is 22.2 Å². The average Bonchev–Trinajstić information content (AvgIpc) is 2.81. The van der Waals surface area contributed by atoms with Crippen LogP contribution in [-0.2, 0) is 0 Å². The average molecular weight is 270 g/mol. The third-order valence-corrected chi connectivity index (χ3v) is 4.08. The van der Waals surface area contributed by atoms with Crippen LogP contribution in [0.4, 0.5) is 5.00 Å². The number of hydrogen-bond donors (Lipinski definition) is 2. The van der Waals surface area contributed by atoms with Gasteiger partial charge < -0.3 is 10.4 Å². The molecule has 18 heavy (non-hydrogen) atoms. The van der Waals surface area contributed by atoms with E-state index in [2.05, 4.69) is 5.32 Å². The molecule has 0 unspecified atom stereocenters. The fourth-order valence-electron chi connectivity index (χ4n) is 2.07. The zero-order valence-electron chi connectivity index (χ0n) is 9.67. The van der Waals surface area contributed by atoms with E-state index in [-0.39, 0.29) is 17.0 Å². The zero-order chi connectivity index (χ0) is 13.1. The standard InChI is InChI=1S/C11H14N2O4S/c14-8-4-2-1-3-7(8)12-11(15)9-5-6-10(18-9)13(16)17/h5-8,14H,1-4H2,(H,12,15)/t7-,8-/m0/s1. The highest BCUT2D eigenvalue weighted by atomic mass is 32.1. The fourth-order valence-corrected chi connectivity index (χ4v) is 2.79. The Morgan fingerprint density at radius 2 is 2.17 bits per heavy atom. The Labute approximate surface area is 108 Å². The smallest absolute Gasteiger partial charge is 0.324 e. The summed E-state index contributed by atoms with van der Waals surface area (Å²) in [7, 11) is 0. The molecule has 7 heteroatoms. The van der Waals surface area contributed by atoms with E-state index in [0.29, 0.717) is 11.3 Å². The molecule has 1 aliphatic carbocycles. The highest BCUT2D eigenvalue weighted by molar-refractivity contribution is 7.17. The van der Waals surface area contributed by atoms with E-state index in [4.69, 9.17) is 0 Å². The number of hydrogen-bond acceptors (Lipinski definition) is 5. The SMILES string of the molecule is O=C(N[C@H]1CCCC[C@@H]1O)c1ccc([N+](=O)[O-])s1. The van der Waals surface area contributed by atoms with Crippen LogP contribution in [0.1, 0.15) is 35.4 Å². The third-order valence-electron chi connectivity index (χ3n) is 3.04. The summed E-state index contributed by atoms with van der Waals surface area (Å²) in [6, 6.07) is 2.51. The summed E-state index contributed by atoms with van der Waals surface area (Å²) < 4.78 is 0. The number of amides is 1. The number of nitro groups is 1. The van der Waals surface area contributed by atoms with Crippen molar-refractivity contribution in [2.75, 3.05) is 0 Å². The van der Waals surface area contributed by atoms with Gasteiger partial charge in [-0.25, -0.2) is 0 Å². The van der Waals surface area contributed by atoms with Gasteiger partial charge in [-0.05, 0) is 18.9 Å². The molecule has 1 heterocycles. The van der Waals surface area contributed by atoms with Gasteiger partial charge in [0, 0.05) is 6.07 Å². The Balaban J connectivity index is 2.00. The van der Waals surface area contributed by atoms with Crippen LogP contribution in [0.15, 0.2) is 12.1 Å². The molecule has 0 bridgehead atoms. The first kappa shape index (κ1) is 13.0. The summed E-state index contributed by atoms with van der Waals surface area (Å²) in [6.45, 7) is 0. The van der Waals surface area contributed by atoms with Crippen LogP contribution in [0.3, 0.4) is 0 Å². The molecule has 0 saturated heterocycles. The minimum Gasteiger partial charge on any atom is -0.391 e. The van der Waals surface area contributed by atoms with Gasteiger partial charge in [0.15, 0.2) is 0 Å². The zero-order valence-corrected chi connectivity index (χ0v) is 10.5. The number of thiophene rings is 1. The highest BCUT2D eigenvalue weighted by Crippen LogP contribution is 2.25. The normalized spacial score (nSPS) is 23.6. The van der Waals surface area contributed by atoms with Gasteiger partial charge in [0.25, 0.3) is 5.91 Å². The first-order valence-electron chi connectivity index (χ1n) is 5.81. The number of carbonyl (C=O) groups is 1. The molecule has 1 aliphatic rings. The maximum absolute atomic E-state index is 11.9. The molecular weight excluding hydrogens is 256 g/mol. The van der Waals surface area contributed by atoms with Crippen molar-refractivity contribution in [3.8, 4) is 0 Å². The molecule has 1 amide bonds. The fraction of sp³-hybridized carbons (Fsp3) is 0.545. The van der Waals surface area contributed by atoms with Crippen LogP contribution >= 0.6 is 11.3 Å². The van der Waals surface area contributed by atoms with Crippen LogP contribution in [0.2, 0.25) is 0 Å². The molecule has 6 nitrogen and oxygen atoms in total. The number of aliphatic hydroxyl groups is 1. The number of rotatable bonds is 3. The van der Waals surface area contributed by atoms with Gasteiger partial charge in [0.2, 0.25) is 0 Å². The number of nitrogens with one attached hydrogen (secondary N) is 1. The molecule has 1 fully saturated rings. The predicted octanol–water partition coefficient (Wildman–Crippen LogP) is 1.69. The summed E-state index contributed by atoms with van der Waals surface area (Å²) in [5.74, 6) is -0.348. The van der Waals surface area contributed by atoms with Gasteiger partial charge in [-0.3, -0.25) is 14.9 Å². The van der Waals surface area contributed by atoms with Crippen LogP contribution in [0.5, 0.6) is 0 Å². The van der Waals surface area contributed by atoms with E-state index >= 15 is 0 Å². The van der Waals surface area contributed by atoms with E-state index in [0.717, 1.165) is 30.6 Å². The highest BCUT2D eigenvalue weighted by Gasteiger charge is 2.25. The first-order chi connectivity index (χ1) is 8.58. The van der Waals surface area contributed by atoms with Gasteiger partial charge in [-0.15, -0.1) is 0 Å². The van der Waals surface area contributed by atoms with Gasteiger partial charge in [0.05, 0.1) is 21.9 Å². The van der Waals surface area contributed by atoms with Crippen molar-refractivity contribution in [1.29, 1.82) is 0 Å². The molecular formula is C11H14N2O4S. The molecule has 1 aromatic rings. The predicted molar refractivity (Wildman–Crippen MR) is 66.7 cm³/mol. The second-order valence-corrected chi connectivity index (χ2v) is 5.39. The lowest BCUT2D eigenvalue weighted by Gasteiger charge is -2.28. The molecule has 0 aliphatic heterocycles. The molecule has 0 aromatic carbocycles. The van der Waals surface area contributed by atoms with Crippen molar-refractivity contribution < 1.29 is 14.8 Å². The van der Waals surface area contributed by atoms with E-state index < -0.39 is 11.0 Å². The molecule has 2 N–H and O–H groups in total. The van der Waals surface area contributed by atoms with Gasteiger partial charge in [0.1, 0.15) is 0 Å².